The van der Waals surface area contributed by atoms with Crippen LogP contribution in [-0.2, 0) is 19.9 Å². The molecule has 0 bridgehead atoms. The largest absolute Gasteiger partial charge is 0.456 e. The van der Waals surface area contributed by atoms with Crippen LogP contribution in [0.4, 0.5) is 18.0 Å². The molecule has 1 aliphatic heterocycles. The third-order valence-corrected chi connectivity index (χ3v) is 5.42. The minimum absolute atomic E-state index is 0.0521. The van der Waals surface area contributed by atoms with Crippen molar-refractivity contribution in [1.82, 2.24) is 5.06 Å². The van der Waals surface area contributed by atoms with Crippen molar-refractivity contribution in [3.05, 3.63) is 74.8 Å². The molecule has 0 aliphatic carbocycles. The Hall–Kier alpha value is -2.75. The van der Waals surface area contributed by atoms with Crippen molar-refractivity contribution in [1.29, 1.82) is 0 Å². The monoisotopic (exact) mass is 531 g/mol. The number of carbonyl (C=O) groups is 2. The highest BCUT2D eigenvalue weighted by Crippen LogP contribution is 2.51. The van der Waals surface area contributed by atoms with E-state index >= 15 is 0 Å². The minimum atomic E-state index is -5.03. The molecule has 0 saturated heterocycles. The van der Waals surface area contributed by atoms with Gasteiger partial charge in [0.25, 0.3) is 0 Å². The van der Waals surface area contributed by atoms with Crippen molar-refractivity contribution < 1.29 is 37.1 Å². The summed E-state index contributed by atoms with van der Waals surface area (Å²) in [5, 5.41) is 0.303. The van der Waals surface area contributed by atoms with E-state index in [1.54, 1.807) is 27.7 Å². The molecule has 1 heterocycles. The molecule has 0 N–H and O–H groups in total. The van der Waals surface area contributed by atoms with Crippen LogP contribution in [0.5, 0.6) is 0 Å². The molecule has 0 fully saturated rings. The highest BCUT2D eigenvalue weighted by molar-refractivity contribution is 6.34. The van der Waals surface area contributed by atoms with Gasteiger partial charge in [0.05, 0.1) is 18.4 Å². The molecule has 188 valence electrons. The van der Waals surface area contributed by atoms with Crippen LogP contribution in [0.1, 0.15) is 47.8 Å². The number of benzene rings is 2. The third kappa shape index (κ3) is 5.42. The van der Waals surface area contributed by atoms with Crippen LogP contribution < -0.4 is 0 Å². The summed E-state index contributed by atoms with van der Waals surface area (Å²) < 4.78 is 53.5. The van der Waals surface area contributed by atoms with Crippen molar-refractivity contribution in [2.24, 2.45) is 0 Å². The molecule has 0 aromatic heterocycles. The van der Waals surface area contributed by atoms with Gasteiger partial charge in [-0.25, -0.2) is 14.4 Å². The average Bonchev–Trinajstić information content (AvgIpc) is 3.13. The van der Waals surface area contributed by atoms with Crippen molar-refractivity contribution in [2.45, 2.75) is 45.1 Å². The summed E-state index contributed by atoms with van der Waals surface area (Å²) in [6.45, 7) is 6.72. The van der Waals surface area contributed by atoms with Gasteiger partial charge in [-0.1, -0.05) is 29.3 Å². The minimum Gasteiger partial charge on any atom is -0.456 e. The first kappa shape index (κ1) is 26.8. The second-order valence-electron chi connectivity index (χ2n) is 8.81. The van der Waals surface area contributed by atoms with Crippen LogP contribution in [0, 0.1) is 6.92 Å². The van der Waals surface area contributed by atoms with Gasteiger partial charge in [0.15, 0.2) is 0 Å². The predicted molar refractivity (Wildman–Crippen MR) is 124 cm³/mol. The molecule has 1 unspecified atom stereocenters. The normalized spacial score (nSPS) is 18.3. The van der Waals surface area contributed by atoms with Crippen molar-refractivity contribution >= 4 is 41.0 Å². The van der Waals surface area contributed by atoms with Gasteiger partial charge in [-0.3, -0.25) is 0 Å². The van der Waals surface area contributed by atoms with Gasteiger partial charge in [0, 0.05) is 21.2 Å². The Kier molecular flexibility index (Phi) is 7.19. The number of aryl methyl sites for hydroxylation is 1. The molecule has 6 nitrogen and oxygen atoms in total. The molecule has 1 atom stereocenters. The molecular formula is C24H22Cl2F3NO5. The zero-order chi connectivity index (χ0) is 26.3. The second-order valence-corrected chi connectivity index (χ2v) is 9.68. The maximum atomic E-state index is 14.5. The Morgan fingerprint density at radius 2 is 1.63 bits per heavy atom. The smallest absolute Gasteiger partial charge is 0.438 e. The van der Waals surface area contributed by atoms with Crippen LogP contribution in [0.3, 0.4) is 0 Å². The molecule has 0 saturated carbocycles. The number of amides is 1. The van der Waals surface area contributed by atoms with Crippen LogP contribution in [0.2, 0.25) is 10.0 Å². The first-order valence-electron chi connectivity index (χ1n) is 10.3. The number of hydrogen-bond acceptors (Lipinski definition) is 5. The van der Waals surface area contributed by atoms with E-state index < -0.39 is 35.0 Å². The Morgan fingerprint density at radius 1 is 1.03 bits per heavy atom. The molecule has 1 amide bonds. The maximum absolute atomic E-state index is 14.5. The molecule has 35 heavy (non-hydrogen) atoms. The van der Waals surface area contributed by atoms with Gasteiger partial charge < -0.3 is 9.47 Å². The summed E-state index contributed by atoms with van der Waals surface area (Å²) in [5.41, 5.74) is -3.72. The molecular weight excluding hydrogens is 510 g/mol. The SMILES string of the molecule is COC(=O)N1OC(c2cc(Cl)cc(Cl)c2)(C(F)(F)F)C=C1c1ccc(C(=O)OC(C)(C)C)c(C)c1. The number of carbonyl (C=O) groups excluding carboxylic acids is 2. The Morgan fingerprint density at radius 3 is 2.11 bits per heavy atom. The Balaban J connectivity index is 2.18. The number of halogens is 5. The van der Waals surface area contributed by atoms with Crippen molar-refractivity contribution in [3.8, 4) is 0 Å². The molecule has 0 radical (unpaired) electrons. The summed E-state index contributed by atoms with van der Waals surface area (Å²) >= 11 is 11.9. The summed E-state index contributed by atoms with van der Waals surface area (Å²) in [6, 6.07) is 7.60. The van der Waals surface area contributed by atoms with E-state index in [4.69, 9.17) is 32.8 Å². The van der Waals surface area contributed by atoms with Gasteiger partial charge in [0.2, 0.25) is 5.60 Å². The van der Waals surface area contributed by atoms with Crippen LogP contribution in [0.15, 0.2) is 42.5 Å². The number of alkyl halides is 3. The molecule has 2 aromatic carbocycles. The first-order chi connectivity index (χ1) is 16.1. The van der Waals surface area contributed by atoms with E-state index in [2.05, 4.69) is 4.74 Å². The summed E-state index contributed by atoms with van der Waals surface area (Å²) in [7, 11) is 1.00. The highest BCUT2D eigenvalue weighted by atomic mass is 35.5. The van der Waals surface area contributed by atoms with E-state index in [0.717, 1.165) is 25.3 Å². The number of nitrogens with zero attached hydrogens (tertiary/aromatic N) is 1. The fourth-order valence-corrected chi connectivity index (χ4v) is 4.00. The van der Waals surface area contributed by atoms with E-state index in [-0.39, 0.29) is 26.9 Å². The summed E-state index contributed by atoms with van der Waals surface area (Å²) in [6.07, 6.45) is -5.47. The Labute approximate surface area is 210 Å². The van der Waals surface area contributed by atoms with E-state index in [0.29, 0.717) is 10.6 Å². The van der Waals surface area contributed by atoms with Gasteiger partial charge >= 0.3 is 18.2 Å². The third-order valence-electron chi connectivity index (χ3n) is 4.99. The van der Waals surface area contributed by atoms with Gasteiger partial charge in [-0.05, 0) is 69.7 Å². The van der Waals surface area contributed by atoms with Crippen LogP contribution >= 0.6 is 23.2 Å². The predicted octanol–water partition coefficient (Wildman–Crippen LogP) is 7.07. The number of methoxy groups -OCH3 is 1. The zero-order valence-electron chi connectivity index (χ0n) is 19.4. The number of hydrogen-bond donors (Lipinski definition) is 0. The van der Waals surface area contributed by atoms with Gasteiger partial charge in [0.1, 0.15) is 5.60 Å². The van der Waals surface area contributed by atoms with Crippen molar-refractivity contribution in [2.75, 3.05) is 7.11 Å². The van der Waals surface area contributed by atoms with Crippen LogP contribution in [0.25, 0.3) is 5.70 Å². The standard InChI is InChI=1S/C24H22Cl2F3NO5/c1-13-8-14(6-7-18(13)20(31)34-22(2,3)4)19-12-23(24(27,28)29,35-30(19)21(32)33-5)15-9-16(25)11-17(26)10-15/h6-12H,1-5H3. The molecule has 2 aromatic rings. The fourth-order valence-electron chi connectivity index (χ4n) is 3.48. The summed E-state index contributed by atoms with van der Waals surface area (Å²) in [5.74, 6) is -0.596. The van der Waals surface area contributed by atoms with E-state index in [1.165, 1.54) is 24.3 Å². The number of ether oxygens (including phenoxy) is 2. The average molecular weight is 532 g/mol. The lowest BCUT2D eigenvalue weighted by Crippen LogP contribution is -2.44. The summed E-state index contributed by atoms with van der Waals surface area (Å²) in [4.78, 5) is 30.2. The number of rotatable bonds is 3. The lowest BCUT2D eigenvalue weighted by Gasteiger charge is -2.31. The molecule has 1 aliphatic rings. The molecule has 11 heteroatoms. The maximum Gasteiger partial charge on any atom is 0.438 e. The lowest BCUT2D eigenvalue weighted by molar-refractivity contribution is -0.303. The fraction of sp³-hybridized carbons (Fsp3) is 0.333. The Bertz CT molecular complexity index is 1190. The lowest BCUT2D eigenvalue weighted by atomic mass is 9.91. The first-order valence-corrected chi connectivity index (χ1v) is 11.0. The van der Waals surface area contributed by atoms with Gasteiger partial charge in [-0.15, -0.1) is 0 Å². The zero-order valence-corrected chi connectivity index (χ0v) is 20.9. The number of esters is 1. The number of hydroxylamine groups is 2. The van der Waals surface area contributed by atoms with Crippen LogP contribution in [-0.4, -0.2) is 36.0 Å². The highest BCUT2D eigenvalue weighted by Gasteiger charge is 2.62. The molecule has 0 spiro atoms. The quantitative estimate of drug-likeness (QED) is 0.396. The van der Waals surface area contributed by atoms with Gasteiger partial charge in [-0.2, -0.15) is 18.2 Å². The second kappa shape index (κ2) is 9.37. The molecule has 3 rings (SSSR count). The van der Waals surface area contributed by atoms with Crippen molar-refractivity contribution in [3.63, 3.8) is 0 Å². The topological polar surface area (TPSA) is 65.1 Å². The van der Waals surface area contributed by atoms with E-state index in [9.17, 15) is 22.8 Å². The van der Waals surface area contributed by atoms with E-state index in [1.807, 2.05) is 0 Å².